The molecule has 0 amide bonds. The Hall–Kier alpha value is -0.0800. The molecule has 1 unspecified atom stereocenters. The molecule has 2 nitrogen and oxygen atoms in total. The second-order valence-electron chi connectivity index (χ2n) is 14.3. The second-order valence-corrected chi connectivity index (χ2v) is 14.3. The van der Waals surface area contributed by atoms with E-state index in [-0.39, 0.29) is 6.10 Å². The summed E-state index contributed by atoms with van der Waals surface area (Å²) in [5.41, 5.74) is 0. The van der Waals surface area contributed by atoms with Crippen molar-refractivity contribution >= 4 is 0 Å². The minimum Gasteiger partial charge on any atom is -0.396 e. The molecule has 0 aromatic carbocycles. The number of hydrogen-bond acceptors (Lipinski definition) is 2. The van der Waals surface area contributed by atoms with Crippen molar-refractivity contribution in [2.75, 3.05) is 6.61 Å². The summed E-state index contributed by atoms with van der Waals surface area (Å²) in [4.78, 5) is 0. The fourth-order valence-electron chi connectivity index (χ4n) is 6.36. The summed E-state index contributed by atoms with van der Waals surface area (Å²) >= 11 is 0. The van der Waals surface area contributed by atoms with Gasteiger partial charge in [-0.15, -0.1) is 0 Å². The highest BCUT2D eigenvalue weighted by atomic mass is 16.3. The van der Waals surface area contributed by atoms with Gasteiger partial charge >= 0.3 is 0 Å². The van der Waals surface area contributed by atoms with Crippen LogP contribution < -0.4 is 0 Å². The average Bonchev–Trinajstić information content (AvgIpc) is 3.03. The maximum Gasteiger partial charge on any atom is 0.0540 e. The van der Waals surface area contributed by atoms with Crippen LogP contribution in [-0.4, -0.2) is 22.9 Å². The van der Waals surface area contributed by atoms with Gasteiger partial charge in [-0.25, -0.2) is 0 Å². The molecule has 0 rings (SSSR count). The Bertz CT molecular complexity index is 431. The summed E-state index contributed by atoms with van der Waals surface area (Å²) in [7, 11) is 0. The van der Waals surface area contributed by atoms with Crippen molar-refractivity contribution in [1.82, 2.24) is 0 Å². The zero-order chi connectivity index (χ0) is 32.4. The van der Waals surface area contributed by atoms with Crippen LogP contribution >= 0.6 is 0 Å². The fourth-order valence-corrected chi connectivity index (χ4v) is 6.36. The normalized spacial score (nSPS) is 11.9. The highest BCUT2D eigenvalue weighted by Gasteiger charge is 2.03. The summed E-state index contributed by atoms with van der Waals surface area (Å²) in [5.74, 6) is 0. The molecule has 0 aromatic heterocycles. The van der Waals surface area contributed by atoms with Gasteiger partial charge in [0.2, 0.25) is 0 Å². The van der Waals surface area contributed by atoms with E-state index >= 15 is 0 Å². The molecule has 0 aliphatic heterocycles. The first kappa shape index (κ1) is 46.0. The molecule has 1 atom stereocenters. The van der Waals surface area contributed by atoms with E-state index in [1.807, 2.05) is 0 Å². The van der Waals surface area contributed by atoms with Gasteiger partial charge in [0.15, 0.2) is 0 Å². The lowest BCUT2D eigenvalue weighted by Crippen LogP contribution is -2.05. The van der Waals surface area contributed by atoms with Crippen LogP contribution in [0.5, 0.6) is 0 Å². The molecule has 0 bridgehead atoms. The summed E-state index contributed by atoms with van der Waals surface area (Å²) in [6, 6.07) is 0. The number of hydrogen-bond donors (Lipinski definition) is 2. The molecule has 0 spiro atoms. The molecule has 2 N–H and O–H groups in total. The van der Waals surface area contributed by atoms with Gasteiger partial charge in [-0.05, 0) is 19.3 Å². The maximum absolute atomic E-state index is 9.95. The predicted octanol–water partition coefficient (Wildman–Crippen LogP) is 14.8. The zero-order valence-corrected chi connectivity index (χ0v) is 31.3. The Morgan fingerprint density at radius 2 is 0.455 bits per heavy atom. The topological polar surface area (TPSA) is 40.5 Å². The smallest absolute Gasteiger partial charge is 0.0540 e. The van der Waals surface area contributed by atoms with Gasteiger partial charge in [0, 0.05) is 6.61 Å². The van der Waals surface area contributed by atoms with Crippen LogP contribution in [0.4, 0.5) is 0 Å². The molecule has 0 heterocycles. The van der Waals surface area contributed by atoms with E-state index in [9.17, 15) is 5.11 Å². The lowest BCUT2D eigenvalue weighted by Gasteiger charge is -2.10. The third-order valence-electron chi connectivity index (χ3n) is 9.54. The zero-order valence-electron chi connectivity index (χ0n) is 31.3. The number of unbranched alkanes of at least 4 members (excludes halogenated alkanes) is 32. The molecule has 2 heteroatoms. The van der Waals surface area contributed by atoms with E-state index in [2.05, 4.69) is 20.8 Å². The van der Waals surface area contributed by atoms with Gasteiger partial charge in [-0.2, -0.15) is 0 Å². The molecule has 268 valence electrons. The van der Waals surface area contributed by atoms with Crippen LogP contribution in [0.15, 0.2) is 0 Å². The lowest BCUT2D eigenvalue weighted by atomic mass is 10.0. The van der Waals surface area contributed by atoms with Crippen molar-refractivity contribution in [3.63, 3.8) is 0 Å². The first-order valence-corrected chi connectivity index (χ1v) is 21.0. The summed E-state index contributed by atoms with van der Waals surface area (Å²) in [5, 5.41) is 18.7. The number of aliphatic hydroxyl groups excluding tert-OH is 2. The van der Waals surface area contributed by atoms with Crippen LogP contribution in [0.1, 0.15) is 258 Å². The summed E-state index contributed by atoms with van der Waals surface area (Å²) < 4.78 is 0. The van der Waals surface area contributed by atoms with Crippen LogP contribution in [0, 0.1) is 0 Å². The Morgan fingerprint density at radius 1 is 0.273 bits per heavy atom. The molecule has 0 aromatic rings. The standard InChI is InChI=1S/C22H46O.C20H42O/c1-2-3-4-5-6-7-8-9-10-11-12-13-14-15-16-17-18-19-20-21-22-23;1-3-5-7-9-11-12-13-15-17-19-20(21)18-16-14-10-8-6-4-2/h23H,2-22H2,1H3;20-21H,3-19H2,1-2H3. The van der Waals surface area contributed by atoms with Crippen molar-refractivity contribution in [1.29, 1.82) is 0 Å². The lowest BCUT2D eigenvalue weighted by molar-refractivity contribution is 0.147. The molecule has 0 saturated carbocycles. The van der Waals surface area contributed by atoms with Crippen molar-refractivity contribution in [2.45, 2.75) is 264 Å². The first-order valence-electron chi connectivity index (χ1n) is 21.0. The molecule has 0 radical (unpaired) electrons. The maximum atomic E-state index is 9.95. The van der Waals surface area contributed by atoms with Crippen LogP contribution in [0.25, 0.3) is 0 Å². The fraction of sp³-hybridized carbons (Fsp3) is 1.00. The molecular formula is C42H88O2. The minimum absolute atomic E-state index is 0.0271. The van der Waals surface area contributed by atoms with E-state index in [0.717, 1.165) is 19.3 Å². The average molecular weight is 625 g/mol. The largest absolute Gasteiger partial charge is 0.396 e. The summed E-state index contributed by atoms with van der Waals surface area (Å²) in [6.45, 7) is 7.20. The number of aliphatic hydroxyl groups is 2. The van der Waals surface area contributed by atoms with Crippen LogP contribution in [0.3, 0.4) is 0 Å². The third-order valence-corrected chi connectivity index (χ3v) is 9.54. The van der Waals surface area contributed by atoms with Gasteiger partial charge in [-0.3, -0.25) is 0 Å². The van der Waals surface area contributed by atoms with Gasteiger partial charge in [0.1, 0.15) is 0 Å². The van der Waals surface area contributed by atoms with Gasteiger partial charge in [0.25, 0.3) is 0 Å². The molecule has 0 fully saturated rings. The van der Waals surface area contributed by atoms with E-state index in [0.29, 0.717) is 6.61 Å². The SMILES string of the molecule is CCCCCCCCCCCC(O)CCCCCCCC.CCCCCCCCCCCCCCCCCCCCCCO. The third kappa shape index (κ3) is 46.3. The van der Waals surface area contributed by atoms with Gasteiger partial charge < -0.3 is 10.2 Å². The monoisotopic (exact) mass is 625 g/mol. The quantitative estimate of drug-likeness (QED) is 0.0675. The van der Waals surface area contributed by atoms with Gasteiger partial charge in [0.05, 0.1) is 6.10 Å². The Kier molecular flexibility index (Phi) is 47.1. The van der Waals surface area contributed by atoms with Crippen molar-refractivity contribution in [2.24, 2.45) is 0 Å². The van der Waals surface area contributed by atoms with E-state index < -0.39 is 0 Å². The first-order chi connectivity index (χ1) is 21.7. The second kappa shape index (κ2) is 45.0. The highest BCUT2D eigenvalue weighted by molar-refractivity contribution is 4.58. The van der Waals surface area contributed by atoms with Crippen molar-refractivity contribution in [3.8, 4) is 0 Å². The van der Waals surface area contributed by atoms with Crippen LogP contribution in [-0.2, 0) is 0 Å². The highest BCUT2D eigenvalue weighted by Crippen LogP contribution is 2.16. The van der Waals surface area contributed by atoms with E-state index in [1.165, 1.54) is 218 Å². The summed E-state index contributed by atoms with van der Waals surface area (Å²) in [6.07, 6.45) is 50.5. The Morgan fingerprint density at radius 3 is 0.659 bits per heavy atom. The molecule has 0 aliphatic rings. The molecule has 44 heavy (non-hydrogen) atoms. The van der Waals surface area contributed by atoms with Crippen molar-refractivity contribution < 1.29 is 10.2 Å². The predicted molar refractivity (Wildman–Crippen MR) is 201 cm³/mol. The molecular weight excluding hydrogens is 536 g/mol. The van der Waals surface area contributed by atoms with E-state index in [4.69, 9.17) is 5.11 Å². The number of rotatable bonds is 37. The molecule has 0 aliphatic carbocycles. The van der Waals surface area contributed by atoms with Crippen LogP contribution in [0.2, 0.25) is 0 Å². The van der Waals surface area contributed by atoms with E-state index in [1.54, 1.807) is 0 Å². The van der Waals surface area contributed by atoms with Gasteiger partial charge in [-0.1, -0.05) is 239 Å². The van der Waals surface area contributed by atoms with Crippen molar-refractivity contribution in [3.05, 3.63) is 0 Å². The Balaban J connectivity index is 0. The Labute approximate surface area is 280 Å². The minimum atomic E-state index is -0.0271. The molecule has 0 saturated heterocycles.